The van der Waals surface area contributed by atoms with E-state index in [0.717, 1.165) is 10.5 Å². The van der Waals surface area contributed by atoms with Crippen LogP contribution in [0.5, 0.6) is 5.75 Å². The Balaban J connectivity index is 1.56. The SMILES string of the molecule is Cc1ccc(NC(=O)C(C(C)OCc2ccccc2)N2C(=O)N[C@H](c3ccc(OCC(O)CO)cc3)C2=O)c(F)c1. The zero-order valence-electron chi connectivity index (χ0n) is 22.6. The van der Waals surface area contributed by atoms with Crippen LogP contribution in [0, 0.1) is 12.7 Å². The molecule has 41 heavy (non-hydrogen) atoms. The van der Waals surface area contributed by atoms with Gasteiger partial charge < -0.3 is 30.3 Å². The summed E-state index contributed by atoms with van der Waals surface area (Å²) in [7, 11) is 0. The van der Waals surface area contributed by atoms with Gasteiger partial charge in [-0.1, -0.05) is 48.5 Å². The van der Waals surface area contributed by atoms with Crippen LogP contribution in [0.1, 0.15) is 29.7 Å². The second-order valence-corrected chi connectivity index (χ2v) is 9.73. The molecule has 0 aliphatic carbocycles. The summed E-state index contributed by atoms with van der Waals surface area (Å²) in [5.41, 5.74) is 1.83. The molecule has 216 valence electrons. The van der Waals surface area contributed by atoms with Gasteiger partial charge in [-0.15, -0.1) is 0 Å². The first-order valence-electron chi connectivity index (χ1n) is 13.1. The number of nitrogens with zero attached hydrogens (tertiary/aromatic N) is 1. The van der Waals surface area contributed by atoms with Crippen molar-refractivity contribution in [3.63, 3.8) is 0 Å². The molecule has 1 heterocycles. The number of anilines is 1. The van der Waals surface area contributed by atoms with Crippen LogP contribution < -0.4 is 15.4 Å². The van der Waals surface area contributed by atoms with Crippen LogP contribution in [-0.4, -0.2) is 64.4 Å². The molecule has 3 unspecified atom stereocenters. The van der Waals surface area contributed by atoms with Crippen molar-refractivity contribution < 1.29 is 38.5 Å². The third-order valence-corrected chi connectivity index (χ3v) is 6.57. The number of aliphatic hydroxyl groups is 2. The molecule has 1 aliphatic heterocycles. The minimum Gasteiger partial charge on any atom is -0.491 e. The molecule has 3 aromatic carbocycles. The Morgan fingerprint density at radius 2 is 1.80 bits per heavy atom. The van der Waals surface area contributed by atoms with Gasteiger partial charge in [0.05, 0.1) is 25.0 Å². The molecule has 4 amide bonds. The topological polar surface area (TPSA) is 137 Å². The molecule has 0 aromatic heterocycles. The molecule has 11 heteroatoms. The average molecular weight is 566 g/mol. The van der Waals surface area contributed by atoms with Gasteiger partial charge in [0.15, 0.2) is 0 Å². The van der Waals surface area contributed by atoms with Crippen molar-refractivity contribution in [2.24, 2.45) is 0 Å². The minimum absolute atomic E-state index is 0.0913. The summed E-state index contributed by atoms with van der Waals surface area (Å²) in [5.74, 6) is -1.74. The molecule has 4 rings (SSSR count). The lowest BCUT2D eigenvalue weighted by molar-refractivity contribution is -0.139. The first kappa shape index (κ1) is 29.7. The standard InChI is InChI=1S/C30H32FN3O7/c1-18-8-13-25(24(31)14-18)32-28(37)27(19(2)40-16-20-6-4-3-5-7-20)34-29(38)26(33-30(34)39)21-9-11-23(12-10-21)41-17-22(36)15-35/h3-14,19,22,26-27,35-36H,15-17H2,1-2H3,(H,32,37)(H,33,39)/t19?,22?,26-,27?/m1/s1. The molecule has 1 fully saturated rings. The van der Waals surface area contributed by atoms with Crippen LogP contribution in [0.2, 0.25) is 0 Å². The number of halogens is 1. The highest BCUT2D eigenvalue weighted by atomic mass is 19.1. The zero-order valence-corrected chi connectivity index (χ0v) is 22.6. The van der Waals surface area contributed by atoms with Crippen LogP contribution in [-0.2, 0) is 20.9 Å². The van der Waals surface area contributed by atoms with E-state index in [1.165, 1.54) is 12.1 Å². The van der Waals surface area contributed by atoms with Gasteiger partial charge in [0.1, 0.15) is 36.4 Å². The summed E-state index contributed by atoms with van der Waals surface area (Å²) in [4.78, 5) is 41.1. The van der Waals surface area contributed by atoms with E-state index in [9.17, 15) is 23.9 Å². The van der Waals surface area contributed by atoms with E-state index in [-0.39, 0.29) is 18.9 Å². The lowest BCUT2D eigenvalue weighted by Crippen LogP contribution is -2.54. The maximum absolute atomic E-state index is 14.6. The molecule has 1 saturated heterocycles. The second kappa shape index (κ2) is 13.4. The summed E-state index contributed by atoms with van der Waals surface area (Å²) in [6.07, 6.45) is -1.99. The number of carbonyl (C=O) groups excluding carboxylic acids is 3. The Labute approximate surface area is 236 Å². The predicted molar refractivity (Wildman–Crippen MR) is 147 cm³/mol. The Morgan fingerprint density at radius 3 is 2.46 bits per heavy atom. The molecule has 0 spiro atoms. The maximum Gasteiger partial charge on any atom is 0.325 e. The number of benzene rings is 3. The van der Waals surface area contributed by atoms with Gasteiger partial charge >= 0.3 is 6.03 Å². The summed E-state index contributed by atoms with van der Waals surface area (Å²) in [6.45, 7) is 2.82. The van der Waals surface area contributed by atoms with E-state index in [0.29, 0.717) is 16.9 Å². The Hall–Kier alpha value is -4.32. The van der Waals surface area contributed by atoms with Crippen LogP contribution in [0.15, 0.2) is 72.8 Å². The number of rotatable bonds is 12. The summed E-state index contributed by atoms with van der Waals surface area (Å²) >= 11 is 0. The largest absolute Gasteiger partial charge is 0.491 e. The highest BCUT2D eigenvalue weighted by Crippen LogP contribution is 2.28. The first-order valence-corrected chi connectivity index (χ1v) is 13.1. The minimum atomic E-state index is -1.42. The summed E-state index contributed by atoms with van der Waals surface area (Å²) in [6, 6.07) is 16.4. The van der Waals surface area contributed by atoms with Crippen LogP contribution in [0.3, 0.4) is 0 Å². The zero-order chi connectivity index (χ0) is 29.5. The third-order valence-electron chi connectivity index (χ3n) is 6.57. The van der Waals surface area contributed by atoms with Gasteiger partial charge in [0.2, 0.25) is 0 Å². The monoisotopic (exact) mass is 565 g/mol. The van der Waals surface area contributed by atoms with E-state index in [4.69, 9.17) is 14.6 Å². The molecule has 4 N–H and O–H groups in total. The van der Waals surface area contributed by atoms with Crippen LogP contribution in [0.4, 0.5) is 14.9 Å². The second-order valence-electron chi connectivity index (χ2n) is 9.73. The van der Waals surface area contributed by atoms with Crippen molar-refractivity contribution >= 4 is 23.5 Å². The number of hydrogen-bond donors (Lipinski definition) is 4. The lowest BCUT2D eigenvalue weighted by atomic mass is 10.0. The number of ether oxygens (including phenoxy) is 2. The number of nitrogens with one attached hydrogen (secondary N) is 2. The Bertz CT molecular complexity index is 1370. The fraction of sp³-hybridized carbons (Fsp3) is 0.300. The summed E-state index contributed by atoms with van der Waals surface area (Å²) < 4.78 is 25.9. The van der Waals surface area contributed by atoms with E-state index < -0.39 is 54.6 Å². The molecule has 0 bridgehead atoms. The van der Waals surface area contributed by atoms with Gasteiger partial charge in [0, 0.05) is 0 Å². The molecule has 3 aromatic rings. The molecular weight excluding hydrogens is 533 g/mol. The van der Waals surface area contributed by atoms with Crippen LogP contribution >= 0.6 is 0 Å². The fourth-order valence-electron chi connectivity index (χ4n) is 4.35. The smallest absolute Gasteiger partial charge is 0.325 e. The van der Waals surface area contributed by atoms with Gasteiger partial charge in [-0.05, 0) is 54.8 Å². The average Bonchev–Trinajstić information content (AvgIpc) is 3.26. The fourth-order valence-corrected chi connectivity index (χ4v) is 4.35. The number of amides is 4. The molecule has 10 nitrogen and oxygen atoms in total. The quantitative estimate of drug-likeness (QED) is 0.248. The van der Waals surface area contributed by atoms with Crippen molar-refractivity contribution in [1.82, 2.24) is 10.2 Å². The number of urea groups is 1. The normalized spacial score (nSPS) is 17.1. The molecule has 0 saturated carbocycles. The third kappa shape index (κ3) is 7.26. The van der Waals surface area contributed by atoms with Gasteiger partial charge in [0.25, 0.3) is 11.8 Å². The number of aryl methyl sites for hydroxylation is 1. The number of carbonyl (C=O) groups is 3. The van der Waals surface area contributed by atoms with Crippen molar-refractivity contribution in [3.8, 4) is 5.75 Å². The molecule has 1 aliphatic rings. The van der Waals surface area contributed by atoms with Gasteiger partial charge in [-0.2, -0.15) is 0 Å². The van der Waals surface area contributed by atoms with E-state index in [2.05, 4.69) is 10.6 Å². The maximum atomic E-state index is 14.6. The lowest BCUT2D eigenvalue weighted by Gasteiger charge is -2.29. The van der Waals surface area contributed by atoms with E-state index in [1.54, 1.807) is 44.2 Å². The first-order chi connectivity index (χ1) is 19.7. The number of imide groups is 1. The summed E-state index contributed by atoms with van der Waals surface area (Å²) in [5, 5.41) is 23.5. The number of hydrogen-bond acceptors (Lipinski definition) is 7. The van der Waals surface area contributed by atoms with Gasteiger partial charge in [-0.3, -0.25) is 9.59 Å². The molecular formula is C30H32FN3O7. The van der Waals surface area contributed by atoms with Gasteiger partial charge in [-0.25, -0.2) is 14.1 Å². The van der Waals surface area contributed by atoms with Crippen molar-refractivity contribution in [3.05, 3.63) is 95.3 Å². The van der Waals surface area contributed by atoms with Crippen LogP contribution in [0.25, 0.3) is 0 Å². The predicted octanol–water partition coefficient (Wildman–Crippen LogP) is 3.07. The number of aliphatic hydroxyl groups excluding tert-OH is 2. The molecule has 4 atom stereocenters. The Morgan fingerprint density at radius 1 is 1.10 bits per heavy atom. The van der Waals surface area contributed by atoms with Crippen molar-refractivity contribution in [2.45, 2.75) is 44.7 Å². The highest BCUT2D eigenvalue weighted by molar-refractivity contribution is 6.09. The van der Waals surface area contributed by atoms with Crippen molar-refractivity contribution in [2.75, 3.05) is 18.5 Å². The van der Waals surface area contributed by atoms with E-state index in [1.807, 2.05) is 30.3 Å². The Kier molecular flexibility index (Phi) is 9.66. The highest BCUT2D eigenvalue weighted by Gasteiger charge is 2.47. The van der Waals surface area contributed by atoms with Crippen molar-refractivity contribution in [1.29, 1.82) is 0 Å². The van der Waals surface area contributed by atoms with E-state index >= 15 is 0 Å². The molecule has 0 radical (unpaired) electrons.